The molecular formula is C14H28N2O2. The average Bonchev–Trinajstić information content (AvgIpc) is 2.83. The van der Waals surface area contributed by atoms with Crippen LogP contribution in [0.3, 0.4) is 0 Å². The molecule has 18 heavy (non-hydrogen) atoms. The standard InChI is InChI=1S/C14H28N2O2/c1-4-9-18-11-14(17)15-10-13(12(2)3)16-7-5-6-8-16/h12-13H,4-11H2,1-3H3,(H,15,17). The maximum atomic E-state index is 11.6. The Morgan fingerprint density at radius 3 is 2.56 bits per heavy atom. The Balaban J connectivity index is 2.26. The van der Waals surface area contributed by atoms with E-state index in [0.717, 1.165) is 13.0 Å². The van der Waals surface area contributed by atoms with Crippen LogP contribution in [0.15, 0.2) is 0 Å². The third kappa shape index (κ3) is 5.36. The van der Waals surface area contributed by atoms with E-state index in [4.69, 9.17) is 4.74 Å². The molecule has 1 unspecified atom stereocenters. The summed E-state index contributed by atoms with van der Waals surface area (Å²) >= 11 is 0. The summed E-state index contributed by atoms with van der Waals surface area (Å²) in [7, 11) is 0. The maximum Gasteiger partial charge on any atom is 0.246 e. The lowest BCUT2D eigenvalue weighted by Crippen LogP contribution is -2.46. The number of rotatable bonds is 8. The van der Waals surface area contributed by atoms with Gasteiger partial charge in [0.15, 0.2) is 0 Å². The normalized spacial score (nSPS) is 18.2. The van der Waals surface area contributed by atoms with E-state index in [1.165, 1.54) is 25.9 Å². The van der Waals surface area contributed by atoms with Crippen LogP contribution in [0.5, 0.6) is 0 Å². The molecule has 1 rings (SSSR count). The van der Waals surface area contributed by atoms with Crippen molar-refractivity contribution in [3.8, 4) is 0 Å². The third-order valence-electron chi connectivity index (χ3n) is 3.47. The summed E-state index contributed by atoms with van der Waals surface area (Å²) in [5, 5.41) is 2.99. The summed E-state index contributed by atoms with van der Waals surface area (Å²) in [6, 6.07) is 0.461. The second kappa shape index (κ2) is 8.48. The van der Waals surface area contributed by atoms with Crippen molar-refractivity contribution in [1.82, 2.24) is 10.2 Å². The molecule has 4 heteroatoms. The number of carbonyl (C=O) groups is 1. The van der Waals surface area contributed by atoms with E-state index >= 15 is 0 Å². The van der Waals surface area contributed by atoms with Crippen LogP contribution < -0.4 is 5.32 Å². The summed E-state index contributed by atoms with van der Waals surface area (Å²) in [6.07, 6.45) is 3.53. The third-order valence-corrected chi connectivity index (χ3v) is 3.47. The van der Waals surface area contributed by atoms with Crippen LogP contribution in [0.4, 0.5) is 0 Å². The van der Waals surface area contributed by atoms with Crippen LogP contribution >= 0.6 is 0 Å². The first-order valence-electron chi connectivity index (χ1n) is 7.23. The van der Waals surface area contributed by atoms with E-state index in [9.17, 15) is 4.79 Å². The van der Waals surface area contributed by atoms with Crippen molar-refractivity contribution in [1.29, 1.82) is 0 Å². The minimum atomic E-state index is 0.00768. The molecule has 1 N–H and O–H groups in total. The molecule has 0 aliphatic carbocycles. The molecule has 1 saturated heterocycles. The highest BCUT2D eigenvalue weighted by Gasteiger charge is 2.24. The number of hydrogen-bond donors (Lipinski definition) is 1. The molecule has 1 fully saturated rings. The van der Waals surface area contributed by atoms with Crippen molar-refractivity contribution in [3.05, 3.63) is 0 Å². The maximum absolute atomic E-state index is 11.6. The smallest absolute Gasteiger partial charge is 0.246 e. The lowest BCUT2D eigenvalue weighted by atomic mass is 10.0. The number of ether oxygens (including phenoxy) is 1. The van der Waals surface area contributed by atoms with Crippen molar-refractivity contribution < 1.29 is 9.53 Å². The molecule has 1 heterocycles. The quantitative estimate of drug-likeness (QED) is 0.671. The molecule has 0 aromatic rings. The number of nitrogens with one attached hydrogen (secondary N) is 1. The molecule has 0 aromatic heterocycles. The number of carbonyl (C=O) groups excluding carboxylic acids is 1. The highest BCUT2D eigenvalue weighted by Crippen LogP contribution is 2.16. The summed E-state index contributed by atoms with van der Waals surface area (Å²) in [4.78, 5) is 14.1. The number of likely N-dealkylation sites (tertiary alicyclic amines) is 1. The zero-order valence-electron chi connectivity index (χ0n) is 12.1. The van der Waals surface area contributed by atoms with Crippen LogP contribution in [0.25, 0.3) is 0 Å². The summed E-state index contributed by atoms with van der Waals surface area (Å²) in [5.41, 5.74) is 0. The summed E-state index contributed by atoms with van der Waals surface area (Å²) in [6.45, 7) is 10.4. The molecule has 0 bridgehead atoms. The summed E-state index contributed by atoms with van der Waals surface area (Å²) < 4.78 is 5.24. The topological polar surface area (TPSA) is 41.6 Å². The van der Waals surface area contributed by atoms with Crippen LogP contribution in [0, 0.1) is 5.92 Å². The van der Waals surface area contributed by atoms with E-state index in [-0.39, 0.29) is 12.5 Å². The van der Waals surface area contributed by atoms with Crippen LogP contribution in [0.2, 0.25) is 0 Å². The van der Waals surface area contributed by atoms with Gasteiger partial charge >= 0.3 is 0 Å². The Labute approximate surface area is 111 Å². The van der Waals surface area contributed by atoms with Gasteiger partial charge < -0.3 is 10.1 Å². The summed E-state index contributed by atoms with van der Waals surface area (Å²) in [5.74, 6) is 0.577. The van der Waals surface area contributed by atoms with Crippen molar-refractivity contribution >= 4 is 5.91 Å². The van der Waals surface area contributed by atoms with Gasteiger partial charge in [-0.05, 0) is 38.3 Å². The van der Waals surface area contributed by atoms with Gasteiger partial charge in [0.2, 0.25) is 5.91 Å². The monoisotopic (exact) mass is 256 g/mol. The first-order valence-corrected chi connectivity index (χ1v) is 7.23. The van der Waals surface area contributed by atoms with E-state index < -0.39 is 0 Å². The zero-order chi connectivity index (χ0) is 13.4. The highest BCUT2D eigenvalue weighted by molar-refractivity contribution is 5.77. The van der Waals surface area contributed by atoms with Gasteiger partial charge in [0.25, 0.3) is 0 Å². The Hall–Kier alpha value is -0.610. The van der Waals surface area contributed by atoms with Gasteiger partial charge in [-0.3, -0.25) is 9.69 Å². The second-order valence-corrected chi connectivity index (χ2v) is 5.41. The molecule has 106 valence electrons. The number of hydrogen-bond acceptors (Lipinski definition) is 3. The SMILES string of the molecule is CCCOCC(=O)NCC(C(C)C)N1CCCC1. The van der Waals surface area contributed by atoms with Gasteiger partial charge in [-0.25, -0.2) is 0 Å². The second-order valence-electron chi connectivity index (χ2n) is 5.41. The Bertz CT molecular complexity index is 238. The van der Waals surface area contributed by atoms with Gasteiger partial charge in [0.1, 0.15) is 6.61 Å². The van der Waals surface area contributed by atoms with Gasteiger partial charge in [-0.1, -0.05) is 20.8 Å². The van der Waals surface area contributed by atoms with Crippen LogP contribution in [0.1, 0.15) is 40.0 Å². The van der Waals surface area contributed by atoms with Crippen molar-refractivity contribution in [2.24, 2.45) is 5.92 Å². The van der Waals surface area contributed by atoms with Crippen LogP contribution in [-0.4, -0.2) is 49.7 Å². The van der Waals surface area contributed by atoms with Gasteiger partial charge in [-0.15, -0.1) is 0 Å². The lowest BCUT2D eigenvalue weighted by Gasteiger charge is -2.30. The minimum Gasteiger partial charge on any atom is -0.372 e. The molecular weight excluding hydrogens is 228 g/mol. The van der Waals surface area contributed by atoms with E-state index in [2.05, 4.69) is 24.1 Å². The van der Waals surface area contributed by atoms with E-state index in [1.807, 2.05) is 6.92 Å². The van der Waals surface area contributed by atoms with Gasteiger partial charge in [0, 0.05) is 19.2 Å². The Kier molecular flexibility index (Phi) is 7.28. The number of amides is 1. The zero-order valence-corrected chi connectivity index (χ0v) is 12.1. The van der Waals surface area contributed by atoms with Gasteiger partial charge in [-0.2, -0.15) is 0 Å². The molecule has 1 atom stereocenters. The number of nitrogens with zero attached hydrogens (tertiary/aromatic N) is 1. The highest BCUT2D eigenvalue weighted by atomic mass is 16.5. The van der Waals surface area contributed by atoms with Crippen molar-refractivity contribution in [2.75, 3.05) is 32.8 Å². The molecule has 0 aromatic carbocycles. The lowest BCUT2D eigenvalue weighted by molar-refractivity contribution is -0.126. The molecule has 0 radical (unpaired) electrons. The first kappa shape index (κ1) is 15.4. The fourth-order valence-electron chi connectivity index (χ4n) is 2.44. The minimum absolute atomic E-state index is 0.00768. The fourth-order valence-corrected chi connectivity index (χ4v) is 2.44. The predicted octanol–water partition coefficient (Wildman–Crippen LogP) is 1.65. The van der Waals surface area contributed by atoms with E-state index in [0.29, 0.717) is 18.6 Å². The Morgan fingerprint density at radius 2 is 2.00 bits per heavy atom. The largest absolute Gasteiger partial charge is 0.372 e. The fraction of sp³-hybridized carbons (Fsp3) is 0.929. The predicted molar refractivity (Wildman–Crippen MR) is 73.6 cm³/mol. The van der Waals surface area contributed by atoms with Crippen molar-refractivity contribution in [3.63, 3.8) is 0 Å². The first-order chi connectivity index (χ1) is 8.65. The average molecular weight is 256 g/mol. The molecule has 0 spiro atoms. The molecule has 1 aliphatic heterocycles. The van der Waals surface area contributed by atoms with Gasteiger partial charge in [0.05, 0.1) is 0 Å². The molecule has 1 amide bonds. The molecule has 4 nitrogen and oxygen atoms in total. The molecule has 0 saturated carbocycles. The van der Waals surface area contributed by atoms with Crippen LogP contribution in [-0.2, 0) is 9.53 Å². The molecule has 1 aliphatic rings. The Morgan fingerprint density at radius 1 is 1.33 bits per heavy atom. The van der Waals surface area contributed by atoms with Crippen molar-refractivity contribution in [2.45, 2.75) is 46.1 Å². The van der Waals surface area contributed by atoms with E-state index in [1.54, 1.807) is 0 Å².